The van der Waals surface area contributed by atoms with Crippen molar-refractivity contribution in [1.82, 2.24) is 4.90 Å². The Bertz CT molecular complexity index is 584. The minimum absolute atomic E-state index is 0.115. The molecule has 0 atom stereocenters. The molecule has 1 fully saturated rings. The van der Waals surface area contributed by atoms with Crippen LogP contribution >= 0.6 is 11.6 Å². The highest BCUT2D eigenvalue weighted by Crippen LogP contribution is 2.26. The zero-order chi connectivity index (χ0) is 15.6. The van der Waals surface area contributed by atoms with Crippen LogP contribution in [-0.4, -0.2) is 35.7 Å². The van der Waals surface area contributed by atoms with Crippen molar-refractivity contribution >= 4 is 23.4 Å². The summed E-state index contributed by atoms with van der Waals surface area (Å²) in [4.78, 5) is 13.4. The summed E-state index contributed by atoms with van der Waals surface area (Å²) in [6.07, 6.45) is -0.308. The van der Waals surface area contributed by atoms with E-state index in [2.05, 4.69) is 11.4 Å². The van der Waals surface area contributed by atoms with Crippen LogP contribution in [0.25, 0.3) is 0 Å². The van der Waals surface area contributed by atoms with E-state index in [9.17, 15) is 4.79 Å². The summed E-state index contributed by atoms with van der Waals surface area (Å²) in [6.45, 7) is 6.64. The van der Waals surface area contributed by atoms with Crippen LogP contribution in [-0.2, 0) is 4.74 Å². The van der Waals surface area contributed by atoms with Crippen molar-refractivity contribution in [3.05, 3.63) is 28.8 Å². The van der Waals surface area contributed by atoms with E-state index < -0.39 is 5.60 Å². The Balaban J connectivity index is 1.89. The fourth-order valence-electron chi connectivity index (χ4n) is 1.97. The molecule has 1 N–H and O–H groups in total. The number of ether oxygens (including phenoxy) is 1. The van der Waals surface area contributed by atoms with Crippen molar-refractivity contribution in [2.45, 2.75) is 32.4 Å². The Hall–Kier alpha value is -1.93. The Morgan fingerprint density at radius 3 is 2.71 bits per heavy atom. The molecule has 1 aliphatic heterocycles. The molecule has 1 heterocycles. The molecule has 1 aliphatic rings. The number of nitrogens with one attached hydrogen (secondary N) is 1. The topological polar surface area (TPSA) is 65.4 Å². The quantitative estimate of drug-likeness (QED) is 0.911. The standard InChI is InChI=1S/C15H18ClN3O2/c1-15(2,3)21-14(20)19-8-11(9-19)18-13-6-10(7-17)4-5-12(13)16/h4-6,11,18H,8-9H2,1-3H3. The Morgan fingerprint density at radius 2 is 2.14 bits per heavy atom. The number of anilines is 1. The lowest BCUT2D eigenvalue weighted by Crippen LogP contribution is -2.57. The fraction of sp³-hybridized carbons (Fsp3) is 0.467. The van der Waals surface area contributed by atoms with E-state index in [4.69, 9.17) is 21.6 Å². The number of hydrogen-bond acceptors (Lipinski definition) is 4. The first kappa shape index (κ1) is 15.5. The molecule has 0 radical (unpaired) electrons. The summed E-state index contributed by atoms with van der Waals surface area (Å²) in [5.74, 6) is 0. The summed E-state index contributed by atoms with van der Waals surface area (Å²) in [7, 11) is 0. The van der Waals surface area contributed by atoms with Gasteiger partial charge in [0.2, 0.25) is 0 Å². The summed E-state index contributed by atoms with van der Waals surface area (Å²) >= 11 is 6.09. The van der Waals surface area contributed by atoms with Gasteiger partial charge in [0.25, 0.3) is 0 Å². The molecule has 1 saturated heterocycles. The van der Waals surface area contributed by atoms with Gasteiger partial charge < -0.3 is 15.0 Å². The van der Waals surface area contributed by atoms with Crippen LogP contribution in [0.15, 0.2) is 18.2 Å². The highest BCUT2D eigenvalue weighted by molar-refractivity contribution is 6.33. The second-order valence-electron chi connectivity index (χ2n) is 6.03. The van der Waals surface area contributed by atoms with Crippen LogP contribution in [0.5, 0.6) is 0 Å². The van der Waals surface area contributed by atoms with Crippen LogP contribution in [0.3, 0.4) is 0 Å². The van der Waals surface area contributed by atoms with Crippen LogP contribution in [0.4, 0.5) is 10.5 Å². The van der Waals surface area contributed by atoms with Gasteiger partial charge in [0, 0.05) is 13.1 Å². The van der Waals surface area contributed by atoms with E-state index in [1.807, 2.05) is 20.8 Å². The fourth-order valence-corrected chi connectivity index (χ4v) is 2.14. The number of nitrogens with zero attached hydrogens (tertiary/aromatic N) is 2. The first-order valence-corrected chi connectivity index (χ1v) is 7.10. The molecule has 0 saturated carbocycles. The maximum atomic E-state index is 11.8. The third-order valence-electron chi connectivity index (χ3n) is 2.99. The number of benzene rings is 1. The molecule has 21 heavy (non-hydrogen) atoms. The predicted octanol–water partition coefficient (Wildman–Crippen LogP) is 3.24. The van der Waals surface area contributed by atoms with Crippen molar-refractivity contribution in [3.63, 3.8) is 0 Å². The molecule has 0 bridgehead atoms. The van der Waals surface area contributed by atoms with Crippen molar-refractivity contribution in [2.24, 2.45) is 0 Å². The summed E-state index contributed by atoms with van der Waals surface area (Å²) < 4.78 is 5.29. The first-order chi connectivity index (χ1) is 9.78. The monoisotopic (exact) mass is 307 g/mol. The van der Waals surface area contributed by atoms with Gasteiger partial charge in [0.05, 0.1) is 28.4 Å². The van der Waals surface area contributed by atoms with Crippen molar-refractivity contribution in [2.75, 3.05) is 18.4 Å². The predicted molar refractivity (Wildman–Crippen MR) is 81.4 cm³/mol. The number of nitriles is 1. The Kier molecular flexibility index (Phi) is 4.29. The average Bonchev–Trinajstić information content (AvgIpc) is 2.32. The molecule has 2 rings (SSSR count). The number of hydrogen-bond donors (Lipinski definition) is 1. The van der Waals surface area contributed by atoms with Crippen LogP contribution in [0, 0.1) is 11.3 Å². The summed E-state index contributed by atoms with van der Waals surface area (Å²) in [5.41, 5.74) is 0.773. The van der Waals surface area contributed by atoms with Gasteiger partial charge in [-0.1, -0.05) is 11.6 Å². The maximum Gasteiger partial charge on any atom is 0.410 e. The minimum atomic E-state index is -0.486. The number of carbonyl (C=O) groups excluding carboxylic acids is 1. The number of likely N-dealkylation sites (tertiary alicyclic amines) is 1. The second kappa shape index (κ2) is 5.82. The molecule has 0 spiro atoms. The lowest BCUT2D eigenvalue weighted by Gasteiger charge is -2.40. The van der Waals surface area contributed by atoms with Gasteiger partial charge in [0.1, 0.15) is 5.60 Å². The van der Waals surface area contributed by atoms with Gasteiger partial charge >= 0.3 is 6.09 Å². The normalized spacial score (nSPS) is 15.1. The van der Waals surface area contributed by atoms with Gasteiger partial charge in [-0.15, -0.1) is 0 Å². The highest BCUT2D eigenvalue weighted by Gasteiger charge is 2.33. The number of halogens is 1. The van der Waals surface area contributed by atoms with E-state index >= 15 is 0 Å². The molecular formula is C15H18ClN3O2. The van der Waals surface area contributed by atoms with Crippen LogP contribution < -0.4 is 5.32 Å². The third-order valence-corrected chi connectivity index (χ3v) is 3.32. The lowest BCUT2D eigenvalue weighted by atomic mass is 10.1. The minimum Gasteiger partial charge on any atom is -0.444 e. The second-order valence-corrected chi connectivity index (χ2v) is 6.44. The number of carbonyl (C=O) groups is 1. The zero-order valence-corrected chi connectivity index (χ0v) is 13.1. The Morgan fingerprint density at radius 1 is 1.48 bits per heavy atom. The van der Waals surface area contributed by atoms with Gasteiger partial charge in [0.15, 0.2) is 0 Å². The molecule has 0 aromatic heterocycles. The molecular weight excluding hydrogens is 290 g/mol. The van der Waals surface area contributed by atoms with Gasteiger partial charge in [-0.2, -0.15) is 5.26 Å². The average molecular weight is 308 g/mol. The first-order valence-electron chi connectivity index (χ1n) is 6.72. The number of rotatable bonds is 2. The van der Waals surface area contributed by atoms with Gasteiger partial charge in [-0.05, 0) is 39.0 Å². The summed E-state index contributed by atoms with van der Waals surface area (Å²) in [6, 6.07) is 7.25. The van der Waals surface area contributed by atoms with Crippen LogP contribution in [0.1, 0.15) is 26.3 Å². The largest absolute Gasteiger partial charge is 0.444 e. The van der Waals surface area contributed by atoms with Crippen molar-refractivity contribution < 1.29 is 9.53 Å². The smallest absolute Gasteiger partial charge is 0.410 e. The SMILES string of the molecule is CC(C)(C)OC(=O)N1CC(Nc2cc(C#N)ccc2Cl)C1. The summed E-state index contributed by atoms with van der Waals surface area (Å²) in [5, 5.41) is 12.7. The molecule has 6 heteroatoms. The van der Waals surface area contributed by atoms with Crippen molar-refractivity contribution in [1.29, 1.82) is 5.26 Å². The maximum absolute atomic E-state index is 11.8. The van der Waals surface area contributed by atoms with E-state index in [0.29, 0.717) is 29.4 Å². The van der Waals surface area contributed by atoms with E-state index in [1.54, 1.807) is 23.1 Å². The van der Waals surface area contributed by atoms with Crippen LogP contribution in [0.2, 0.25) is 5.02 Å². The van der Waals surface area contributed by atoms with Crippen molar-refractivity contribution in [3.8, 4) is 6.07 Å². The van der Waals surface area contributed by atoms with Gasteiger partial charge in [-0.25, -0.2) is 4.79 Å². The molecule has 1 aromatic carbocycles. The lowest BCUT2D eigenvalue weighted by molar-refractivity contribution is 0.0105. The number of amides is 1. The van der Waals surface area contributed by atoms with E-state index in [1.165, 1.54) is 0 Å². The van der Waals surface area contributed by atoms with E-state index in [-0.39, 0.29) is 12.1 Å². The molecule has 1 amide bonds. The zero-order valence-electron chi connectivity index (χ0n) is 12.3. The molecule has 1 aromatic rings. The molecule has 112 valence electrons. The Labute approximate surface area is 129 Å². The molecule has 5 nitrogen and oxygen atoms in total. The van der Waals surface area contributed by atoms with Gasteiger partial charge in [-0.3, -0.25) is 0 Å². The highest BCUT2D eigenvalue weighted by atomic mass is 35.5. The molecule has 0 unspecified atom stereocenters. The molecule has 0 aliphatic carbocycles. The van der Waals surface area contributed by atoms with E-state index in [0.717, 1.165) is 0 Å². The third kappa shape index (κ3) is 4.02.